The fourth-order valence-corrected chi connectivity index (χ4v) is 8.80. The number of hydrogen-bond acceptors (Lipinski definition) is 3. The fourth-order valence-electron chi connectivity index (χ4n) is 7.76. The van der Waals surface area contributed by atoms with Crippen molar-refractivity contribution in [1.29, 1.82) is 0 Å². The lowest BCUT2D eigenvalue weighted by molar-refractivity contribution is -0.167. The van der Waals surface area contributed by atoms with Gasteiger partial charge in [0.15, 0.2) is 5.78 Å². The van der Waals surface area contributed by atoms with Gasteiger partial charge in [-0.3, -0.25) is 4.79 Å². The van der Waals surface area contributed by atoms with Gasteiger partial charge in [-0.2, -0.15) is 0 Å². The Labute approximate surface area is 166 Å². The number of Topliss-reactive ketones (excluding diaryl/α,β-unsaturated/α-hetero) is 1. The SMILES string of the molecule is CC(=O)[C@@]1(O)CC[C@@H]2[C@@H]3C[C@H](Cl)[C@@]4(Cl)C[C@H](O)CC[C@]4(C)[C@H]3CC[C@]21C. The maximum atomic E-state index is 12.3. The van der Waals surface area contributed by atoms with Crippen LogP contribution in [0.3, 0.4) is 0 Å². The van der Waals surface area contributed by atoms with Gasteiger partial charge >= 0.3 is 0 Å². The first-order valence-electron chi connectivity index (χ1n) is 10.2. The molecule has 4 aliphatic rings. The molecule has 2 N–H and O–H groups in total. The van der Waals surface area contributed by atoms with E-state index in [0.29, 0.717) is 30.6 Å². The van der Waals surface area contributed by atoms with E-state index < -0.39 is 10.5 Å². The Balaban J connectivity index is 1.72. The average molecular weight is 403 g/mol. The third kappa shape index (κ3) is 2.18. The lowest BCUT2D eigenvalue weighted by Crippen LogP contribution is -2.66. The third-order valence-corrected chi connectivity index (χ3v) is 11.0. The predicted molar refractivity (Wildman–Crippen MR) is 103 cm³/mol. The van der Waals surface area contributed by atoms with Gasteiger partial charge < -0.3 is 10.2 Å². The van der Waals surface area contributed by atoms with Gasteiger partial charge in [-0.05, 0) is 81.5 Å². The van der Waals surface area contributed by atoms with Crippen LogP contribution in [0.2, 0.25) is 0 Å². The fraction of sp³-hybridized carbons (Fsp3) is 0.952. The largest absolute Gasteiger partial charge is 0.393 e. The molecule has 0 spiro atoms. The van der Waals surface area contributed by atoms with E-state index in [0.717, 1.165) is 38.5 Å². The molecule has 3 nitrogen and oxygen atoms in total. The second-order valence-corrected chi connectivity index (χ2v) is 11.4. The number of aliphatic hydroxyl groups is 2. The molecule has 0 radical (unpaired) electrons. The molecule has 148 valence electrons. The van der Waals surface area contributed by atoms with Gasteiger partial charge in [0.2, 0.25) is 0 Å². The van der Waals surface area contributed by atoms with Crippen molar-refractivity contribution < 1.29 is 15.0 Å². The lowest BCUT2D eigenvalue weighted by atomic mass is 9.44. The predicted octanol–water partition coefficient (Wildman–Crippen LogP) is 4.29. The zero-order chi connectivity index (χ0) is 19.1. The van der Waals surface area contributed by atoms with E-state index in [-0.39, 0.29) is 28.1 Å². The molecule has 4 aliphatic carbocycles. The van der Waals surface area contributed by atoms with E-state index in [1.807, 2.05) is 0 Å². The molecular formula is C21H32Cl2O3. The molecule has 0 aromatic heterocycles. The summed E-state index contributed by atoms with van der Waals surface area (Å²) < 4.78 is 0. The molecule has 9 atom stereocenters. The molecule has 4 saturated carbocycles. The summed E-state index contributed by atoms with van der Waals surface area (Å²) in [5.41, 5.74) is -1.64. The number of fused-ring (bicyclic) bond motifs is 5. The molecule has 4 rings (SSSR count). The maximum Gasteiger partial charge on any atom is 0.161 e. The van der Waals surface area contributed by atoms with Gasteiger partial charge in [0.05, 0.1) is 16.4 Å². The highest BCUT2D eigenvalue weighted by molar-refractivity contribution is 6.33. The highest BCUT2D eigenvalue weighted by atomic mass is 35.5. The van der Waals surface area contributed by atoms with Crippen molar-refractivity contribution in [2.75, 3.05) is 0 Å². The summed E-state index contributed by atoms with van der Waals surface area (Å²) in [6, 6.07) is 0. The van der Waals surface area contributed by atoms with Crippen molar-refractivity contribution in [3.63, 3.8) is 0 Å². The molecule has 0 aromatic carbocycles. The molecule has 0 aromatic rings. The molecule has 0 bridgehead atoms. The topological polar surface area (TPSA) is 57.5 Å². The highest BCUT2D eigenvalue weighted by Crippen LogP contribution is 2.71. The van der Waals surface area contributed by atoms with Gasteiger partial charge in [0, 0.05) is 5.41 Å². The second-order valence-electron chi connectivity index (χ2n) is 10.2. The van der Waals surface area contributed by atoms with E-state index in [9.17, 15) is 15.0 Å². The smallest absolute Gasteiger partial charge is 0.161 e. The molecule has 4 fully saturated rings. The van der Waals surface area contributed by atoms with Crippen LogP contribution in [0.15, 0.2) is 0 Å². The second kappa shape index (κ2) is 5.84. The Morgan fingerprint density at radius 1 is 1.04 bits per heavy atom. The van der Waals surface area contributed by atoms with Crippen molar-refractivity contribution in [2.45, 2.75) is 94.1 Å². The van der Waals surface area contributed by atoms with Crippen LogP contribution in [0.5, 0.6) is 0 Å². The number of carbonyl (C=O) groups is 1. The Bertz CT molecular complexity index is 626. The number of aliphatic hydroxyl groups excluding tert-OH is 1. The van der Waals surface area contributed by atoms with Crippen LogP contribution in [0.1, 0.15) is 72.1 Å². The number of alkyl halides is 2. The van der Waals surface area contributed by atoms with E-state index >= 15 is 0 Å². The number of rotatable bonds is 1. The molecule has 0 saturated heterocycles. The minimum Gasteiger partial charge on any atom is -0.393 e. The molecule has 0 aliphatic heterocycles. The summed E-state index contributed by atoms with van der Waals surface area (Å²) in [7, 11) is 0. The Morgan fingerprint density at radius 2 is 1.62 bits per heavy atom. The first kappa shape index (κ1) is 19.5. The van der Waals surface area contributed by atoms with Crippen LogP contribution in [0.4, 0.5) is 0 Å². The van der Waals surface area contributed by atoms with Crippen LogP contribution in [-0.4, -0.2) is 38.0 Å². The Kier molecular flexibility index (Phi) is 4.38. The van der Waals surface area contributed by atoms with Crippen molar-refractivity contribution in [3.8, 4) is 0 Å². The van der Waals surface area contributed by atoms with Crippen LogP contribution >= 0.6 is 23.2 Å². The minimum absolute atomic E-state index is 0.0853. The zero-order valence-electron chi connectivity index (χ0n) is 16.1. The Hall–Kier alpha value is 0.170. The Morgan fingerprint density at radius 3 is 2.27 bits per heavy atom. The number of carbonyl (C=O) groups excluding carboxylic acids is 1. The lowest BCUT2D eigenvalue weighted by Gasteiger charge is -2.65. The summed E-state index contributed by atoms with van der Waals surface area (Å²) in [5, 5.41) is 21.3. The molecule has 5 heteroatoms. The van der Waals surface area contributed by atoms with Crippen LogP contribution in [0, 0.1) is 28.6 Å². The molecule has 26 heavy (non-hydrogen) atoms. The number of ketones is 1. The average Bonchev–Trinajstić information content (AvgIpc) is 2.84. The van der Waals surface area contributed by atoms with Crippen LogP contribution in [-0.2, 0) is 4.79 Å². The summed E-state index contributed by atoms with van der Waals surface area (Å²) in [6.45, 7) is 5.95. The van der Waals surface area contributed by atoms with Crippen LogP contribution < -0.4 is 0 Å². The third-order valence-electron chi connectivity index (χ3n) is 9.44. The molecule has 0 heterocycles. The molecular weight excluding hydrogens is 371 g/mol. The summed E-state index contributed by atoms with van der Waals surface area (Å²) in [4.78, 5) is 11.7. The quantitative estimate of drug-likeness (QED) is 0.643. The van der Waals surface area contributed by atoms with E-state index in [1.54, 1.807) is 6.92 Å². The van der Waals surface area contributed by atoms with Gasteiger partial charge in [-0.25, -0.2) is 0 Å². The normalized spacial score (nSPS) is 59.3. The van der Waals surface area contributed by atoms with Crippen LogP contribution in [0.25, 0.3) is 0 Å². The van der Waals surface area contributed by atoms with Crippen molar-refractivity contribution in [2.24, 2.45) is 28.6 Å². The number of halogens is 2. The highest BCUT2D eigenvalue weighted by Gasteiger charge is 2.70. The van der Waals surface area contributed by atoms with E-state index in [1.165, 1.54) is 0 Å². The van der Waals surface area contributed by atoms with E-state index in [4.69, 9.17) is 23.2 Å². The maximum absolute atomic E-state index is 12.3. The first-order valence-corrected chi connectivity index (χ1v) is 11.1. The monoisotopic (exact) mass is 402 g/mol. The summed E-state index contributed by atoms with van der Waals surface area (Å²) in [6.07, 6.45) is 6.05. The first-order chi connectivity index (χ1) is 12.0. The summed E-state index contributed by atoms with van der Waals surface area (Å²) >= 11 is 14.1. The van der Waals surface area contributed by atoms with Gasteiger partial charge in [-0.1, -0.05) is 13.8 Å². The molecule has 0 unspecified atom stereocenters. The van der Waals surface area contributed by atoms with Crippen molar-refractivity contribution in [3.05, 3.63) is 0 Å². The van der Waals surface area contributed by atoms with Crippen molar-refractivity contribution in [1.82, 2.24) is 0 Å². The standard InChI is InChI=1S/C21H32Cl2O3/c1-12(24)21(26)9-6-16-14-10-17(22)20(23)11-13(25)4-7-18(20,2)15(14)5-8-19(16,21)3/h13-17,25-26H,4-11H2,1-3H3/t13-,14-,15+,16-,17+,18-,19-,20+,21+/m1/s1. The van der Waals surface area contributed by atoms with Crippen molar-refractivity contribution >= 4 is 29.0 Å². The van der Waals surface area contributed by atoms with Gasteiger partial charge in [-0.15, -0.1) is 23.2 Å². The zero-order valence-corrected chi connectivity index (χ0v) is 17.6. The minimum atomic E-state index is -1.19. The van der Waals surface area contributed by atoms with E-state index in [2.05, 4.69) is 13.8 Å². The molecule has 0 amide bonds. The van der Waals surface area contributed by atoms with Gasteiger partial charge in [0.25, 0.3) is 0 Å². The summed E-state index contributed by atoms with van der Waals surface area (Å²) in [5.74, 6) is 1.09. The van der Waals surface area contributed by atoms with Gasteiger partial charge in [0.1, 0.15) is 5.60 Å². The number of hydrogen-bond donors (Lipinski definition) is 2.